The minimum atomic E-state index is -0.338. The van der Waals surface area contributed by atoms with Crippen molar-refractivity contribution in [2.75, 3.05) is 18.2 Å². The molecule has 0 bridgehead atoms. The summed E-state index contributed by atoms with van der Waals surface area (Å²) in [7, 11) is 1.58. The molecule has 0 radical (unpaired) electrons. The molecule has 3 rings (SSSR count). The number of nitrogens with zero attached hydrogens (tertiary/aromatic N) is 3. The second-order valence-corrected chi connectivity index (χ2v) is 8.16. The Morgan fingerprint density at radius 2 is 1.94 bits per heavy atom. The third-order valence-corrected chi connectivity index (χ3v) is 5.73. The first-order valence-electron chi connectivity index (χ1n) is 10.3. The van der Waals surface area contributed by atoms with E-state index >= 15 is 0 Å². The van der Waals surface area contributed by atoms with Crippen LogP contribution in [0.15, 0.2) is 53.7 Å². The van der Waals surface area contributed by atoms with E-state index in [4.69, 9.17) is 4.74 Å². The monoisotopic (exact) mass is 453 g/mol. The summed E-state index contributed by atoms with van der Waals surface area (Å²) < 4.78 is 7.08. The predicted molar refractivity (Wildman–Crippen MR) is 125 cm³/mol. The van der Waals surface area contributed by atoms with Gasteiger partial charge in [-0.3, -0.25) is 9.59 Å². The Hall–Kier alpha value is -3.33. The van der Waals surface area contributed by atoms with E-state index in [9.17, 15) is 9.59 Å². The van der Waals surface area contributed by atoms with Crippen LogP contribution in [-0.4, -0.2) is 39.4 Å². The molecule has 9 heteroatoms. The molecule has 32 heavy (non-hydrogen) atoms. The summed E-state index contributed by atoms with van der Waals surface area (Å²) in [6.45, 7) is 6.41. The maximum Gasteiger partial charge on any atom is 0.251 e. The first-order chi connectivity index (χ1) is 15.4. The summed E-state index contributed by atoms with van der Waals surface area (Å²) in [6.07, 6.45) is 0. The molecule has 2 amide bonds. The summed E-state index contributed by atoms with van der Waals surface area (Å²) in [5.74, 6) is 1.17. The number of anilines is 1. The van der Waals surface area contributed by atoms with Crippen molar-refractivity contribution in [3.8, 4) is 5.75 Å². The van der Waals surface area contributed by atoms with Crippen molar-refractivity contribution >= 4 is 29.3 Å². The van der Waals surface area contributed by atoms with Crippen LogP contribution in [0.2, 0.25) is 0 Å². The van der Waals surface area contributed by atoms with Gasteiger partial charge in [0.1, 0.15) is 5.75 Å². The Labute approximate surface area is 191 Å². The maximum absolute atomic E-state index is 12.6. The molecule has 0 aliphatic heterocycles. The van der Waals surface area contributed by atoms with Gasteiger partial charge < -0.3 is 19.9 Å². The number of benzene rings is 2. The van der Waals surface area contributed by atoms with E-state index in [2.05, 4.69) is 20.8 Å². The molecule has 0 saturated heterocycles. The van der Waals surface area contributed by atoms with E-state index in [1.165, 1.54) is 11.8 Å². The SMILES string of the molecule is CCn1c(SCC(=O)Nc2cccc(OC)c2)nnc1[C@@H](C)NC(=O)c1cccc(C)c1. The third-order valence-electron chi connectivity index (χ3n) is 4.76. The maximum atomic E-state index is 12.6. The molecule has 0 aliphatic rings. The van der Waals surface area contributed by atoms with Gasteiger partial charge in [-0.15, -0.1) is 10.2 Å². The first-order valence-corrected chi connectivity index (χ1v) is 11.3. The lowest BCUT2D eigenvalue weighted by Gasteiger charge is -2.15. The molecule has 0 saturated carbocycles. The van der Waals surface area contributed by atoms with Gasteiger partial charge in [0.2, 0.25) is 5.91 Å². The highest BCUT2D eigenvalue weighted by Gasteiger charge is 2.20. The number of methoxy groups -OCH3 is 1. The number of carbonyl (C=O) groups is 2. The van der Waals surface area contributed by atoms with Crippen LogP contribution < -0.4 is 15.4 Å². The standard InChI is InChI=1S/C23H27N5O3S/c1-5-28-21(16(3)24-22(30)17-9-6-8-15(2)12-17)26-27-23(28)32-14-20(29)25-18-10-7-11-19(13-18)31-4/h6-13,16H,5,14H2,1-4H3,(H,24,30)(H,25,29)/t16-/m1/s1. The van der Waals surface area contributed by atoms with Crippen LogP contribution in [0.1, 0.15) is 41.6 Å². The number of nitrogens with one attached hydrogen (secondary N) is 2. The number of amides is 2. The number of hydrogen-bond acceptors (Lipinski definition) is 6. The summed E-state index contributed by atoms with van der Waals surface area (Å²) in [6, 6.07) is 14.3. The number of carbonyl (C=O) groups excluding carboxylic acids is 2. The third kappa shape index (κ3) is 5.88. The van der Waals surface area contributed by atoms with Crippen LogP contribution in [0.5, 0.6) is 5.75 Å². The van der Waals surface area contributed by atoms with Crippen LogP contribution in [0.4, 0.5) is 5.69 Å². The fourth-order valence-corrected chi connectivity index (χ4v) is 3.99. The Morgan fingerprint density at radius 3 is 2.66 bits per heavy atom. The average molecular weight is 454 g/mol. The van der Waals surface area contributed by atoms with Gasteiger partial charge >= 0.3 is 0 Å². The molecule has 2 N–H and O–H groups in total. The van der Waals surface area contributed by atoms with Gasteiger partial charge in [-0.2, -0.15) is 0 Å². The molecule has 1 atom stereocenters. The van der Waals surface area contributed by atoms with Crippen LogP contribution in [-0.2, 0) is 11.3 Å². The van der Waals surface area contributed by atoms with Gasteiger partial charge in [0.05, 0.1) is 18.9 Å². The van der Waals surface area contributed by atoms with Gasteiger partial charge in [-0.05, 0) is 45.0 Å². The number of ether oxygens (including phenoxy) is 1. The van der Waals surface area contributed by atoms with E-state index in [1.807, 2.05) is 55.7 Å². The average Bonchev–Trinajstić information content (AvgIpc) is 3.21. The second-order valence-electron chi connectivity index (χ2n) is 7.22. The normalized spacial score (nSPS) is 11.6. The van der Waals surface area contributed by atoms with Crippen LogP contribution in [0, 0.1) is 6.92 Å². The summed E-state index contributed by atoms with van der Waals surface area (Å²) >= 11 is 1.30. The lowest BCUT2D eigenvalue weighted by Crippen LogP contribution is -2.28. The predicted octanol–water partition coefficient (Wildman–Crippen LogP) is 3.84. The number of thioether (sulfide) groups is 1. The fourth-order valence-electron chi connectivity index (χ4n) is 3.18. The zero-order chi connectivity index (χ0) is 23.1. The van der Waals surface area contributed by atoms with Gasteiger partial charge in [0.25, 0.3) is 5.91 Å². The summed E-state index contributed by atoms with van der Waals surface area (Å²) in [5.41, 5.74) is 2.29. The van der Waals surface area contributed by atoms with Crippen LogP contribution in [0.25, 0.3) is 0 Å². The largest absolute Gasteiger partial charge is 0.497 e. The molecule has 1 heterocycles. The minimum Gasteiger partial charge on any atom is -0.497 e. The van der Waals surface area contributed by atoms with Crippen molar-refractivity contribution in [2.45, 2.75) is 38.5 Å². The lowest BCUT2D eigenvalue weighted by molar-refractivity contribution is -0.113. The summed E-state index contributed by atoms with van der Waals surface area (Å²) in [4.78, 5) is 25.0. The Bertz CT molecular complexity index is 1100. The van der Waals surface area contributed by atoms with Gasteiger partial charge in [0.15, 0.2) is 11.0 Å². The zero-order valence-electron chi connectivity index (χ0n) is 18.6. The minimum absolute atomic E-state index is 0.156. The van der Waals surface area contributed by atoms with Gasteiger partial charge in [-0.1, -0.05) is 35.5 Å². The Morgan fingerprint density at radius 1 is 1.16 bits per heavy atom. The molecule has 0 fully saturated rings. The van der Waals surface area contributed by atoms with Crippen molar-refractivity contribution in [1.29, 1.82) is 0 Å². The number of hydrogen-bond donors (Lipinski definition) is 2. The van der Waals surface area contributed by atoms with Crippen molar-refractivity contribution in [3.63, 3.8) is 0 Å². The van der Waals surface area contributed by atoms with Crippen molar-refractivity contribution < 1.29 is 14.3 Å². The molecule has 0 unspecified atom stereocenters. The topological polar surface area (TPSA) is 98.1 Å². The lowest BCUT2D eigenvalue weighted by atomic mass is 10.1. The van der Waals surface area contributed by atoms with Crippen molar-refractivity contribution in [2.24, 2.45) is 0 Å². The van der Waals surface area contributed by atoms with Crippen molar-refractivity contribution in [3.05, 3.63) is 65.5 Å². The number of aryl methyl sites for hydroxylation is 1. The molecule has 0 spiro atoms. The molecular weight excluding hydrogens is 426 g/mol. The Balaban J connectivity index is 1.62. The number of rotatable bonds is 9. The van der Waals surface area contributed by atoms with E-state index in [1.54, 1.807) is 25.3 Å². The highest BCUT2D eigenvalue weighted by molar-refractivity contribution is 7.99. The second kappa shape index (κ2) is 10.8. The van der Waals surface area contributed by atoms with E-state index < -0.39 is 0 Å². The summed E-state index contributed by atoms with van der Waals surface area (Å²) in [5, 5.41) is 14.9. The van der Waals surface area contributed by atoms with Crippen molar-refractivity contribution in [1.82, 2.24) is 20.1 Å². The van der Waals surface area contributed by atoms with E-state index in [0.29, 0.717) is 34.5 Å². The van der Waals surface area contributed by atoms with E-state index in [0.717, 1.165) is 5.56 Å². The Kier molecular flexibility index (Phi) is 7.88. The molecule has 2 aromatic carbocycles. The van der Waals surface area contributed by atoms with Gasteiger partial charge in [-0.25, -0.2) is 0 Å². The van der Waals surface area contributed by atoms with Gasteiger partial charge in [0, 0.05) is 23.9 Å². The molecule has 3 aromatic rings. The van der Waals surface area contributed by atoms with Crippen LogP contribution >= 0.6 is 11.8 Å². The van der Waals surface area contributed by atoms with E-state index in [-0.39, 0.29) is 23.6 Å². The zero-order valence-corrected chi connectivity index (χ0v) is 19.4. The fraction of sp³-hybridized carbons (Fsp3) is 0.304. The quantitative estimate of drug-likeness (QED) is 0.478. The first kappa shape index (κ1) is 23.3. The molecule has 8 nitrogen and oxygen atoms in total. The highest BCUT2D eigenvalue weighted by Crippen LogP contribution is 2.22. The molecule has 168 valence electrons. The molecular formula is C23H27N5O3S. The molecule has 1 aromatic heterocycles. The number of aromatic nitrogens is 3. The smallest absolute Gasteiger partial charge is 0.251 e. The van der Waals surface area contributed by atoms with Crippen LogP contribution in [0.3, 0.4) is 0 Å². The highest BCUT2D eigenvalue weighted by atomic mass is 32.2. The molecule has 0 aliphatic carbocycles.